The maximum absolute atomic E-state index is 14.8. The number of ether oxygens (including phenoxy) is 2. The summed E-state index contributed by atoms with van der Waals surface area (Å²) in [6.45, 7) is 15.5. The molecular formula is C59H90N6O13. The van der Waals surface area contributed by atoms with Gasteiger partial charge in [0.1, 0.15) is 11.6 Å². The monoisotopic (exact) mass is 1090 g/mol. The van der Waals surface area contributed by atoms with E-state index in [1.165, 1.54) is 5.06 Å². The van der Waals surface area contributed by atoms with E-state index in [9.17, 15) is 43.2 Å². The molecule has 2 aromatic rings. The number of benzene rings is 1. The lowest BCUT2D eigenvalue weighted by Crippen LogP contribution is -2.54. The van der Waals surface area contributed by atoms with Crippen molar-refractivity contribution in [2.24, 2.45) is 35.5 Å². The number of likely N-dealkylation sites (N-methyl/N-ethyl adjacent to an activating group) is 2. The Balaban J connectivity index is 1.20. The minimum absolute atomic E-state index is 0.0000349. The highest BCUT2D eigenvalue weighted by Gasteiger charge is 2.44. The minimum atomic E-state index is -0.748. The van der Waals surface area contributed by atoms with Gasteiger partial charge in [0.2, 0.25) is 17.7 Å². The molecule has 0 spiro atoms. The van der Waals surface area contributed by atoms with Crippen molar-refractivity contribution in [3.8, 4) is 0 Å². The third kappa shape index (κ3) is 16.6. The van der Waals surface area contributed by atoms with E-state index < -0.39 is 65.9 Å². The van der Waals surface area contributed by atoms with Crippen molar-refractivity contribution in [1.29, 1.82) is 0 Å². The minimum Gasteiger partial charge on any atom is -0.379 e. The standard InChI is InChI=1S/C59H90N6O13/c1-12-39(6)56(62(9)59(74)45(37(2)3)34-49(68)55(38(4)5)61(8)28-18-21-43(66)20-17-25-54(72)78-65-51(69)26-27-52(65)70)50(75-10)35-53(71)63-29-19-24-47(63)57(76-11)40(7)48(67)33-41(58(73)64-30-15-16-31-77-64)32-42-36-60-46-23-14-13-22-44(42)46/h13-14,22-23,36-41,45,47,50,55-57,60H,12,15-21,24-35H2,1-11H3/t39-,40-,41+,45-,47-,50+,55-,56-,57+/m0/s1. The van der Waals surface area contributed by atoms with Gasteiger partial charge < -0.3 is 29.1 Å². The number of imide groups is 1. The number of fused-ring (bicyclic) bond motifs is 1. The molecule has 5 amide bonds. The molecule has 4 heterocycles. The molecular weight excluding hydrogens is 1000 g/mol. The maximum Gasteiger partial charge on any atom is 0.333 e. The molecule has 19 nitrogen and oxygen atoms in total. The third-order valence-electron chi connectivity index (χ3n) is 16.5. The lowest BCUT2D eigenvalue weighted by molar-refractivity contribution is -0.201. The summed E-state index contributed by atoms with van der Waals surface area (Å²) in [5.41, 5.74) is 1.89. The van der Waals surface area contributed by atoms with Crippen LogP contribution in [0, 0.1) is 35.5 Å². The molecule has 5 rings (SSSR count). The number of methoxy groups -OCH3 is 2. The summed E-state index contributed by atoms with van der Waals surface area (Å²) < 4.78 is 12.3. The summed E-state index contributed by atoms with van der Waals surface area (Å²) >= 11 is 0. The first-order valence-electron chi connectivity index (χ1n) is 28.6. The van der Waals surface area contributed by atoms with E-state index in [0.717, 1.165) is 29.3 Å². The number of para-hydroxylation sites is 1. The lowest BCUT2D eigenvalue weighted by atomic mass is 9.83. The zero-order chi connectivity index (χ0) is 57.4. The number of hydroxylamine groups is 4. The van der Waals surface area contributed by atoms with Gasteiger partial charge in [0.25, 0.3) is 11.8 Å². The molecule has 3 aliphatic heterocycles. The molecule has 9 atom stereocenters. The number of hydrogen-bond donors (Lipinski definition) is 1. The summed E-state index contributed by atoms with van der Waals surface area (Å²) in [6, 6.07) is 6.43. The Morgan fingerprint density at radius 3 is 2.13 bits per heavy atom. The average Bonchev–Trinajstić information content (AvgIpc) is 4.16. The summed E-state index contributed by atoms with van der Waals surface area (Å²) in [5.74, 6) is -5.13. The van der Waals surface area contributed by atoms with E-state index in [1.807, 2.05) is 90.9 Å². The van der Waals surface area contributed by atoms with Gasteiger partial charge in [-0.15, -0.1) is 5.06 Å². The summed E-state index contributed by atoms with van der Waals surface area (Å²) in [6.07, 6.45) is 5.47. The predicted molar refractivity (Wildman–Crippen MR) is 293 cm³/mol. The Morgan fingerprint density at radius 1 is 0.808 bits per heavy atom. The molecule has 78 heavy (non-hydrogen) atoms. The van der Waals surface area contributed by atoms with Crippen molar-refractivity contribution < 1.29 is 62.3 Å². The maximum atomic E-state index is 14.8. The second-order valence-electron chi connectivity index (χ2n) is 22.7. The van der Waals surface area contributed by atoms with Crippen LogP contribution < -0.4 is 0 Å². The van der Waals surface area contributed by atoms with Crippen LogP contribution in [0.2, 0.25) is 0 Å². The first-order chi connectivity index (χ1) is 37.1. The first-order valence-corrected chi connectivity index (χ1v) is 28.6. The number of carbonyl (C=O) groups excluding carboxylic acids is 9. The van der Waals surface area contributed by atoms with Gasteiger partial charge in [-0.25, -0.2) is 9.86 Å². The number of hydrogen-bond acceptors (Lipinski definition) is 14. The van der Waals surface area contributed by atoms with E-state index in [4.69, 9.17) is 19.1 Å². The lowest BCUT2D eigenvalue weighted by Gasteiger charge is -2.41. The van der Waals surface area contributed by atoms with Crippen LogP contribution >= 0.6 is 0 Å². The summed E-state index contributed by atoms with van der Waals surface area (Å²) in [7, 11) is 6.69. The number of nitrogens with zero attached hydrogens (tertiary/aromatic N) is 5. The Labute approximate surface area is 462 Å². The van der Waals surface area contributed by atoms with E-state index in [1.54, 1.807) is 31.1 Å². The highest BCUT2D eigenvalue weighted by atomic mass is 16.7. The number of Topliss-reactive ketones (excluding diaryl/α,β-unsaturated/α-hetero) is 3. The number of aromatic nitrogens is 1. The van der Waals surface area contributed by atoms with Gasteiger partial charge in [-0.1, -0.05) is 73.1 Å². The quantitative estimate of drug-likeness (QED) is 0.0724. The Hall–Kier alpha value is -5.37. The fourth-order valence-corrected chi connectivity index (χ4v) is 11.9. The molecule has 434 valence electrons. The number of likely N-dealkylation sites (tertiary alicyclic amines) is 1. The molecule has 0 radical (unpaired) electrons. The van der Waals surface area contributed by atoms with Crippen LogP contribution in [0.25, 0.3) is 10.9 Å². The number of nitrogens with one attached hydrogen (secondary N) is 1. The SMILES string of the molecule is CC[C@H](C)[C@@H]([C@@H](CC(=O)N1CCC[C@H]1[C@H](OC)[C@@H](C)C(=O)C[C@@H](Cc1c[nH]c2ccccc12)C(=O)N1CCCCO1)OC)N(C)C(=O)[C@@H](CC(=O)[C@H](C(C)C)N(C)CCCC(=O)CCCC(=O)ON1C(=O)CCC1=O)C(C)C. The molecule has 0 unspecified atom stereocenters. The largest absolute Gasteiger partial charge is 0.379 e. The van der Waals surface area contributed by atoms with E-state index in [2.05, 4.69) is 4.98 Å². The highest BCUT2D eigenvalue weighted by Crippen LogP contribution is 2.33. The number of carbonyl (C=O) groups is 9. The van der Waals surface area contributed by atoms with Crippen molar-refractivity contribution in [2.45, 2.75) is 182 Å². The summed E-state index contributed by atoms with van der Waals surface area (Å²) in [4.78, 5) is 140. The second kappa shape index (κ2) is 30.3. The molecule has 3 aliphatic rings. The normalized spacial score (nSPS) is 19.3. The zero-order valence-electron chi connectivity index (χ0n) is 48.4. The van der Waals surface area contributed by atoms with Gasteiger partial charge >= 0.3 is 5.97 Å². The fraction of sp³-hybridized carbons (Fsp3) is 0.712. The molecule has 19 heteroatoms. The van der Waals surface area contributed by atoms with Crippen LogP contribution in [-0.2, 0) is 68.7 Å². The Morgan fingerprint density at radius 2 is 1.50 bits per heavy atom. The number of H-pyrrole nitrogens is 1. The third-order valence-corrected chi connectivity index (χ3v) is 16.5. The topological polar surface area (TPSA) is 223 Å². The zero-order valence-corrected chi connectivity index (χ0v) is 48.4. The van der Waals surface area contributed by atoms with Crippen molar-refractivity contribution in [3.63, 3.8) is 0 Å². The van der Waals surface area contributed by atoms with Crippen LogP contribution in [0.5, 0.6) is 0 Å². The first kappa shape index (κ1) is 63.5. The Kier molecular flexibility index (Phi) is 24.6. The number of aromatic amines is 1. The van der Waals surface area contributed by atoms with Crippen LogP contribution in [0.1, 0.15) is 150 Å². The van der Waals surface area contributed by atoms with E-state index in [-0.39, 0.29) is 111 Å². The molecule has 1 N–H and O–H groups in total. The molecule has 0 bridgehead atoms. The molecule has 1 aromatic carbocycles. The van der Waals surface area contributed by atoms with Crippen LogP contribution in [0.15, 0.2) is 30.5 Å². The number of rotatable bonds is 32. The van der Waals surface area contributed by atoms with E-state index in [0.29, 0.717) is 63.4 Å². The molecule has 3 saturated heterocycles. The second-order valence-corrected chi connectivity index (χ2v) is 22.7. The van der Waals surface area contributed by atoms with Crippen molar-refractivity contribution >= 4 is 63.8 Å². The molecule has 1 aromatic heterocycles. The number of ketones is 3. The van der Waals surface area contributed by atoms with Gasteiger partial charge in [-0.05, 0) is 87.9 Å². The van der Waals surface area contributed by atoms with Crippen LogP contribution in [0.3, 0.4) is 0 Å². The van der Waals surface area contributed by atoms with Crippen LogP contribution in [0.4, 0.5) is 0 Å². The van der Waals surface area contributed by atoms with E-state index >= 15 is 0 Å². The average molecular weight is 1090 g/mol. The van der Waals surface area contributed by atoms with Crippen molar-refractivity contribution in [2.75, 3.05) is 54.6 Å². The molecule has 0 saturated carbocycles. The van der Waals surface area contributed by atoms with Gasteiger partial charge in [-0.2, -0.15) is 0 Å². The van der Waals surface area contributed by atoms with Crippen molar-refractivity contribution in [1.82, 2.24) is 29.8 Å². The van der Waals surface area contributed by atoms with Crippen LogP contribution in [-0.4, -0.2) is 168 Å². The molecule has 0 aliphatic carbocycles. The molecule has 3 fully saturated rings. The van der Waals surface area contributed by atoms with Gasteiger partial charge in [0, 0.05) is 108 Å². The van der Waals surface area contributed by atoms with Gasteiger partial charge in [0.15, 0.2) is 5.78 Å². The summed E-state index contributed by atoms with van der Waals surface area (Å²) in [5, 5.41) is 2.91. The van der Waals surface area contributed by atoms with Gasteiger partial charge in [-0.3, -0.25) is 48.1 Å². The fourth-order valence-electron chi connectivity index (χ4n) is 11.9. The highest BCUT2D eigenvalue weighted by molar-refractivity contribution is 6.01. The predicted octanol–water partition coefficient (Wildman–Crippen LogP) is 7.07. The van der Waals surface area contributed by atoms with Gasteiger partial charge in [0.05, 0.1) is 49.3 Å². The Bertz CT molecular complexity index is 2370. The number of amides is 5. The van der Waals surface area contributed by atoms with Crippen molar-refractivity contribution in [3.05, 3.63) is 36.0 Å². The smallest absolute Gasteiger partial charge is 0.333 e.